The molecule has 0 amide bonds. The Kier molecular flexibility index (Phi) is 11.3. The third kappa shape index (κ3) is 8.32. The Morgan fingerprint density at radius 2 is 2.23 bits per heavy atom. The first kappa shape index (κ1) is 23.3. The molecule has 2 rings (SSSR count). The molecule has 6 nitrogen and oxygen atoms in total. The average molecular weight is 495 g/mol. The van der Waals surface area contributed by atoms with E-state index in [4.69, 9.17) is 9.47 Å². The number of halogens is 1. The van der Waals surface area contributed by atoms with Gasteiger partial charge in [-0.05, 0) is 31.2 Å². The fourth-order valence-corrected chi connectivity index (χ4v) is 3.73. The molecule has 0 aromatic heterocycles. The van der Waals surface area contributed by atoms with Crippen molar-refractivity contribution in [1.82, 2.24) is 5.32 Å². The molecule has 0 bridgehead atoms. The van der Waals surface area contributed by atoms with Crippen LogP contribution in [-0.2, 0) is 4.74 Å². The van der Waals surface area contributed by atoms with Gasteiger partial charge in [-0.25, -0.2) is 4.99 Å². The van der Waals surface area contributed by atoms with E-state index in [-0.39, 0.29) is 24.0 Å². The zero-order chi connectivity index (χ0) is 18.0. The van der Waals surface area contributed by atoms with Gasteiger partial charge in [-0.3, -0.25) is 0 Å². The fraction of sp³-hybridized carbons (Fsp3) is 0.611. The number of aliphatic hydroxyl groups is 1. The summed E-state index contributed by atoms with van der Waals surface area (Å²) >= 11 is 1.78. The molecule has 26 heavy (non-hydrogen) atoms. The van der Waals surface area contributed by atoms with E-state index in [2.05, 4.69) is 15.6 Å². The third-order valence-corrected chi connectivity index (χ3v) is 5.05. The Bertz CT molecular complexity index is 554. The molecular weight excluding hydrogens is 465 g/mol. The summed E-state index contributed by atoms with van der Waals surface area (Å²) in [7, 11) is 1.69. The SMILES string of the molecule is CCNC(=NCC1(O)CCSC1)Nc1cccc(OCCCOC)c1.I. The molecule has 1 heterocycles. The van der Waals surface area contributed by atoms with E-state index in [1.165, 1.54) is 0 Å². The first-order valence-electron chi connectivity index (χ1n) is 8.72. The quantitative estimate of drug-likeness (QED) is 0.212. The van der Waals surface area contributed by atoms with Gasteiger partial charge in [0.2, 0.25) is 0 Å². The Morgan fingerprint density at radius 1 is 1.38 bits per heavy atom. The number of nitrogens with zero attached hydrogens (tertiary/aromatic N) is 1. The first-order valence-corrected chi connectivity index (χ1v) is 9.88. The van der Waals surface area contributed by atoms with Crippen molar-refractivity contribution in [3.63, 3.8) is 0 Å². The van der Waals surface area contributed by atoms with E-state index in [9.17, 15) is 5.11 Å². The number of thioether (sulfide) groups is 1. The van der Waals surface area contributed by atoms with Crippen LogP contribution in [0, 0.1) is 0 Å². The molecule has 148 valence electrons. The summed E-state index contributed by atoms with van der Waals surface area (Å²) in [4.78, 5) is 4.55. The van der Waals surface area contributed by atoms with Crippen molar-refractivity contribution in [2.45, 2.75) is 25.4 Å². The summed E-state index contributed by atoms with van der Waals surface area (Å²) in [5.74, 6) is 3.23. The highest BCUT2D eigenvalue weighted by Crippen LogP contribution is 2.28. The Labute approximate surface area is 177 Å². The number of hydrogen-bond acceptors (Lipinski definition) is 5. The second kappa shape index (κ2) is 12.6. The molecule has 1 fully saturated rings. The van der Waals surface area contributed by atoms with Crippen LogP contribution in [0.5, 0.6) is 5.75 Å². The molecule has 1 aromatic carbocycles. The molecule has 1 saturated heterocycles. The lowest BCUT2D eigenvalue weighted by molar-refractivity contribution is 0.0779. The topological polar surface area (TPSA) is 75.1 Å². The maximum atomic E-state index is 10.4. The maximum Gasteiger partial charge on any atom is 0.195 e. The normalized spacial score (nSPS) is 19.7. The van der Waals surface area contributed by atoms with Crippen molar-refractivity contribution in [3.8, 4) is 5.75 Å². The van der Waals surface area contributed by atoms with Crippen molar-refractivity contribution >= 4 is 47.4 Å². The van der Waals surface area contributed by atoms with E-state index in [0.29, 0.717) is 25.7 Å². The molecule has 1 unspecified atom stereocenters. The first-order chi connectivity index (χ1) is 12.1. The summed E-state index contributed by atoms with van der Waals surface area (Å²) in [5, 5.41) is 16.9. The van der Waals surface area contributed by atoms with Gasteiger partial charge in [-0.15, -0.1) is 24.0 Å². The van der Waals surface area contributed by atoms with Crippen LogP contribution in [-0.4, -0.2) is 61.6 Å². The summed E-state index contributed by atoms with van der Waals surface area (Å²) in [6.45, 7) is 4.49. The van der Waals surface area contributed by atoms with Crippen molar-refractivity contribution < 1.29 is 14.6 Å². The van der Waals surface area contributed by atoms with Crippen LogP contribution in [0.25, 0.3) is 0 Å². The van der Waals surface area contributed by atoms with Gasteiger partial charge < -0.3 is 25.2 Å². The van der Waals surface area contributed by atoms with Gasteiger partial charge in [0, 0.05) is 44.2 Å². The molecule has 1 atom stereocenters. The Morgan fingerprint density at radius 3 is 2.92 bits per heavy atom. The number of guanidine groups is 1. The van der Waals surface area contributed by atoms with Gasteiger partial charge in [-0.2, -0.15) is 11.8 Å². The highest BCUT2D eigenvalue weighted by Gasteiger charge is 2.31. The van der Waals surface area contributed by atoms with Crippen molar-refractivity contribution in [3.05, 3.63) is 24.3 Å². The lowest BCUT2D eigenvalue weighted by Crippen LogP contribution is -2.36. The van der Waals surface area contributed by atoms with Crippen LogP contribution >= 0.6 is 35.7 Å². The number of methoxy groups -OCH3 is 1. The summed E-state index contributed by atoms with van der Waals surface area (Å²) < 4.78 is 10.7. The molecule has 8 heteroatoms. The monoisotopic (exact) mass is 495 g/mol. The van der Waals surface area contributed by atoms with Crippen LogP contribution in [0.4, 0.5) is 5.69 Å². The van der Waals surface area contributed by atoms with E-state index in [0.717, 1.165) is 42.3 Å². The van der Waals surface area contributed by atoms with E-state index in [1.807, 2.05) is 31.2 Å². The molecular formula is C18H30IN3O3S. The second-order valence-electron chi connectivity index (χ2n) is 6.07. The number of rotatable bonds is 9. The van der Waals surface area contributed by atoms with Crippen molar-refractivity contribution in [2.24, 2.45) is 4.99 Å². The predicted molar refractivity (Wildman–Crippen MR) is 120 cm³/mol. The Hall–Kier alpha value is -0.710. The molecule has 1 aliphatic heterocycles. The standard InChI is InChI=1S/C18H29N3O3S.HI/c1-3-19-17(20-13-18(22)8-11-25-14-18)21-15-6-4-7-16(12-15)24-10-5-9-23-2;/h4,6-7,12,22H,3,5,8-11,13-14H2,1-2H3,(H2,19,20,21);1H. The minimum absolute atomic E-state index is 0. The minimum Gasteiger partial charge on any atom is -0.493 e. The largest absolute Gasteiger partial charge is 0.493 e. The van der Waals surface area contributed by atoms with E-state index < -0.39 is 5.60 Å². The van der Waals surface area contributed by atoms with Gasteiger partial charge in [0.15, 0.2) is 5.96 Å². The Balaban J connectivity index is 0.00000338. The summed E-state index contributed by atoms with van der Waals surface area (Å²) in [5.41, 5.74) is 0.219. The highest BCUT2D eigenvalue weighted by molar-refractivity contribution is 14.0. The predicted octanol–water partition coefficient (Wildman–Crippen LogP) is 2.97. The lowest BCUT2D eigenvalue weighted by atomic mass is 10.1. The van der Waals surface area contributed by atoms with Crippen molar-refractivity contribution in [2.75, 3.05) is 50.2 Å². The van der Waals surface area contributed by atoms with Crippen LogP contribution in [0.3, 0.4) is 0 Å². The van der Waals surface area contributed by atoms with Crippen LogP contribution in [0.1, 0.15) is 19.8 Å². The van der Waals surface area contributed by atoms with Crippen LogP contribution in [0.2, 0.25) is 0 Å². The highest BCUT2D eigenvalue weighted by atomic mass is 127. The molecule has 0 saturated carbocycles. The van der Waals surface area contributed by atoms with E-state index >= 15 is 0 Å². The third-order valence-electron chi connectivity index (χ3n) is 3.82. The number of aliphatic imine (C=N–C) groups is 1. The molecule has 3 N–H and O–H groups in total. The van der Waals surface area contributed by atoms with Gasteiger partial charge in [0.05, 0.1) is 18.8 Å². The zero-order valence-electron chi connectivity index (χ0n) is 15.5. The number of ether oxygens (including phenoxy) is 2. The van der Waals surface area contributed by atoms with Gasteiger partial charge in [0.1, 0.15) is 5.75 Å². The molecule has 0 spiro atoms. The molecule has 1 aromatic rings. The van der Waals surface area contributed by atoms with Gasteiger partial charge >= 0.3 is 0 Å². The summed E-state index contributed by atoms with van der Waals surface area (Å²) in [6, 6.07) is 7.79. The fourth-order valence-electron chi connectivity index (χ4n) is 2.45. The molecule has 0 radical (unpaired) electrons. The van der Waals surface area contributed by atoms with E-state index in [1.54, 1.807) is 18.9 Å². The van der Waals surface area contributed by atoms with Crippen LogP contribution < -0.4 is 15.4 Å². The molecule has 1 aliphatic rings. The lowest BCUT2D eigenvalue weighted by Gasteiger charge is -2.20. The van der Waals surface area contributed by atoms with Gasteiger partial charge in [-0.1, -0.05) is 6.07 Å². The molecule has 0 aliphatic carbocycles. The average Bonchev–Trinajstić information content (AvgIpc) is 3.04. The van der Waals surface area contributed by atoms with Crippen molar-refractivity contribution in [1.29, 1.82) is 0 Å². The maximum absolute atomic E-state index is 10.4. The number of hydrogen-bond donors (Lipinski definition) is 3. The van der Waals surface area contributed by atoms with Crippen LogP contribution in [0.15, 0.2) is 29.3 Å². The van der Waals surface area contributed by atoms with Gasteiger partial charge in [0.25, 0.3) is 0 Å². The minimum atomic E-state index is -0.681. The number of nitrogens with one attached hydrogen (secondary N) is 2. The number of anilines is 1. The zero-order valence-corrected chi connectivity index (χ0v) is 18.6. The second-order valence-corrected chi connectivity index (χ2v) is 7.17. The summed E-state index contributed by atoms with van der Waals surface area (Å²) in [6.07, 6.45) is 1.65. The smallest absolute Gasteiger partial charge is 0.195 e. The number of benzene rings is 1.